The molecule has 0 aromatic carbocycles. The van der Waals surface area contributed by atoms with Crippen LogP contribution >= 0.6 is 0 Å². The molecule has 0 atom stereocenters. The molecule has 0 radical (unpaired) electrons. The molecule has 1 rings (SSSR count). The van der Waals surface area contributed by atoms with Crippen LogP contribution in [0.25, 0.3) is 0 Å². The predicted octanol–water partition coefficient (Wildman–Crippen LogP) is 1.19. The molecule has 0 aromatic rings. The molecule has 108 valence electrons. The lowest BCUT2D eigenvalue weighted by Crippen LogP contribution is -1.97. The van der Waals surface area contributed by atoms with E-state index in [0.29, 0.717) is 52.9 Å². The van der Waals surface area contributed by atoms with Gasteiger partial charge in [0.15, 0.2) is 0 Å². The Bertz CT molecular complexity index is 332. The van der Waals surface area contributed by atoms with Gasteiger partial charge in [-0.05, 0) is 0 Å². The third kappa shape index (κ3) is 11.5. The van der Waals surface area contributed by atoms with Crippen LogP contribution in [0.3, 0.4) is 0 Å². The van der Waals surface area contributed by atoms with Crippen molar-refractivity contribution >= 4 is 0 Å². The smallest absolute Gasteiger partial charge is 0.108 e. The van der Waals surface area contributed by atoms with E-state index in [1.165, 1.54) is 0 Å². The molecule has 0 unspecified atom stereocenters. The lowest BCUT2D eigenvalue weighted by molar-refractivity contribution is 0.184. The highest BCUT2D eigenvalue weighted by atomic mass is 16.5. The summed E-state index contributed by atoms with van der Waals surface area (Å²) in [5, 5.41) is 0. The standard InChI is InChI=1S/C16H20O4/c1-2-10-18-12-5-6-14-20-16-8-7-15-19-13-4-3-11-17-9-1/h1-2,7-8H,9-16H2/b2-1-,8-7-. The zero-order valence-electron chi connectivity index (χ0n) is 11.6. The Kier molecular flexibility index (Phi) is 11.4. The maximum Gasteiger partial charge on any atom is 0.108 e. The fraction of sp³-hybridized carbons (Fsp3) is 0.500. The molecule has 0 amide bonds. The van der Waals surface area contributed by atoms with E-state index in [4.69, 9.17) is 18.9 Å². The van der Waals surface area contributed by atoms with E-state index in [2.05, 4.69) is 23.7 Å². The highest BCUT2D eigenvalue weighted by molar-refractivity contribution is 5.00. The van der Waals surface area contributed by atoms with E-state index in [0.717, 1.165) is 0 Å². The fourth-order valence-corrected chi connectivity index (χ4v) is 1.19. The average Bonchev–Trinajstić information content (AvgIpc) is 2.46. The molecule has 4 nitrogen and oxygen atoms in total. The van der Waals surface area contributed by atoms with E-state index in [9.17, 15) is 0 Å². The van der Waals surface area contributed by atoms with Crippen LogP contribution < -0.4 is 0 Å². The second-order valence-corrected chi connectivity index (χ2v) is 3.71. The minimum Gasteiger partial charge on any atom is -0.365 e. The van der Waals surface area contributed by atoms with Gasteiger partial charge in [0.2, 0.25) is 0 Å². The van der Waals surface area contributed by atoms with Gasteiger partial charge >= 0.3 is 0 Å². The van der Waals surface area contributed by atoms with Crippen molar-refractivity contribution in [2.45, 2.75) is 0 Å². The molecular weight excluding hydrogens is 256 g/mol. The van der Waals surface area contributed by atoms with Crippen LogP contribution in [-0.4, -0.2) is 52.9 Å². The summed E-state index contributed by atoms with van der Waals surface area (Å²) in [5.74, 6) is 11.5. The van der Waals surface area contributed by atoms with Crippen molar-refractivity contribution in [1.82, 2.24) is 0 Å². The molecule has 20 heavy (non-hydrogen) atoms. The minimum atomic E-state index is 0.406. The Labute approximate surface area is 120 Å². The van der Waals surface area contributed by atoms with Crippen LogP contribution in [-0.2, 0) is 18.9 Å². The van der Waals surface area contributed by atoms with Crippen molar-refractivity contribution < 1.29 is 18.9 Å². The first-order chi connectivity index (χ1) is 10.0. The average molecular weight is 276 g/mol. The van der Waals surface area contributed by atoms with Crippen molar-refractivity contribution in [3.63, 3.8) is 0 Å². The van der Waals surface area contributed by atoms with Crippen molar-refractivity contribution in [2.24, 2.45) is 0 Å². The SMILES string of the molecule is C1#CCOC/C=C\COCC#CCOC/C=C\COC1. The molecule has 0 spiro atoms. The van der Waals surface area contributed by atoms with Crippen LogP contribution in [0.2, 0.25) is 0 Å². The van der Waals surface area contributed by atoms with Gasteiger partial charge in [-0.15, -0.1) is 0 Å². The van der Waals surface area contributed by atoms with Crippen LogP contribution in [0.15, 0.2) is 24.3 Å². The van der Waals surface area contributed by atoms with Crippen LogP contribution in [0, 0.1) is 23.7 Å². The Morgan fingerprint density at radius 2 is 0.700 bits per heavy atom. The molecule has 1 heterocycles. The molecule has 0 saturated carbocycles. The fourth-order valence-electron chi connectivity index (χ4n) is 1.19. The summed E-state index contributed by atoms with van der Waals surface area (Å²) in [6.45, 7) is 3.74. The predicted molar refractivity (Wildman–Crippen MR) is 77.1 cm³/mol. The number of hydrogen-bond acceptors (Lipinski definition) is 4. The zero-order chi connectivity index (χ0) is 14.1. The molecule has 0 fully saturated rings. The summed E-state index contributed by atoms with van der Waals surface area (Å²) < 4.78 is 21.1. The van der Waals surface area contributed by atoms with Crippen LogP contribution in [0.1, 0.15) is 0 Å². The lowest BCUT2D eigenvalue weighted by atomic mass is 10.5. The van der Waals surface area contributed by atoms with Gasteiger partial charge in [-0.3, -0.25) is 0 Å². The van der Waals surface area contributed by atoms with E-state index in [1.807, 2.05) is 24.3 Å². The van der Waals surface area contributed by atoms with Crippen molar-refractivity contribution in [1.29, 1.82) is 0 Å². The molecule has 0 aromatic heterocycles. The highest BCUT2D eigenvalue weighted by Crippen LogP contribution is 1.83. The maximum atomic E-state index is 5.29. The van der Waals surface area contributed by atoms with E-state index < -0.39 is 0 Å². The number of rotatable bonds is 0. The van der Waals surface area contributed by atoms with Gasteiger partial charge in [0.1, 0.15) is 26.4 Å². The molecule has 0 N–H and O–H groups in total. The molecule has 0 bridgehead atoms. The normalized spacial score (nSPS) is 22.4. The van der Waals surface area contributed by atoms with Crippen LogP contribution in [0.4, 0.5) is 0 Å². The van der Waals surface area contributed by atoms with Gasteiger partial charge in [-0.2, -0.15) is 0 Å². The topological polar surface area (TPSA) is 36.9 Å². The van der Waals surface area contributed by atoms with Crippen molar-refractivity contribution in [3.8, 4) is 23.7 Å². The quantitative estimate of drug-likeness (QED) is 0.492. The van der Waals surface area contributed by atoms with Crippen molar-refractivity contribution in [2.75, 3.05) is 52.9 Å². The van der Waals surface area contributed by atoms with E-state index >= 15 is 0 Å². The number of hydrogen-bond donors (Lipinski definition) is 0. The van der Waals surface area contributed by atoms with Gasteiger partial charge in [0, 0.05) is 0 Å². The molecule has 0 aliphatic carbocycles. The monoisotopic (exact) mass is 276 g/mol. The molecule has 1 aliphatic rings. The lowest BCUT2D eigenvalue weighted by Gasteiger charge is -1.96. The summed E-state index contributed by atoms with van der Waals surface area (Å²) >= 11 is 0. The Hall–Kier alpha value is -1.56. The van der Waals surface area contributed by atoms with Gasteiger partial charge in [-0.25, -0.2) is 0 Å². The zero-order valence-corrected chi connectivity index (χ0v) is 11.6. The third-order valence-corrected chi connectivity index (χ3v) is 2.14. The van der Waals surface area contributed by atoms with Crippen molar-refractivity contribution in [3.05, 3.63) is 24.3 Å². The van der Waals surface area contributed by atoms with E-state index in [1.54, 1.807) is 0 Å². The second-order valence-electron chi connectivity index (χ2n) is 3.71. The molecule has 0 saturated heterocycles. The Morgan fingerprint density at radius 1 is 0.450 bits per heavy atom. The van der Waals surface area contributed by atoms with Gasteiger partial charge in [0.05, 0.1) is 26.4 Å². The van der Waals surface area contributed by atoms with Gasteiger partial charge in [0.25, 0.3) is 0 Å². The van der Waals surface area contributed by atoms with Crippen LogP contribution in [0.5, 0.6) is 0 Å². The Balaban J connectivity index is 2.26. The molecule has 4 heteroatoms. The minimum absolute atomic E-state index is 0.406. The van der Waals surface area contributed by atoms with E-state index in [-0.39, 0.29) is 0 Å². The summed E-state index contributed by atoms with van der Waals surface area (Å²) in [6.07, 6.45) is 7.60. The second kappa shape index (κ2) is 13.9. The summed E-state index contributed by atoms with van der Waals surface area (Å²) in [6, 6.07) is 0. The molecular formula is C16H20O4. The first-order valence-electron chi connectivity index (χ1n) is 6.52. The first kappa shape index (κ1) is 16.5. The summed E-state index contributed by atoms with van der Waals surface area (Å²) in [4.78, 5) is 0. The number of ether oxygens (including phenoxy) is 4. The van der Waals surface area contributed by atoms with Gasteiger partial charge < -0.3 is 18.9 Å². The third-order valence-electron chi connectivity index (χ3n) is 2.14. The highest BCUT2D eigenvalue weighted by Gasteiger charge is 1.83. The summed E-state index contributed by atoms with van der Waals surface area (Å²) in [7, 11) is 0. The molecule has 1 aliphatic heterocycles. The maximum absolute atomic E-state index is 5.29. The largest absolute Gasteiger partial charge is 0.365 e. The summed E-state index contributed by atoms with van der Waals surface area (Å²) in [5.41, 5.74) is 0. The Morgan fingerprint density at radius 3 is 0.950 bits per heavy atom. The van der Waals surface area contributed by atoms with Gasteiger partial charge in [-0.1, -0.05) is 48.0 Å². The first-order valence-corrected chi connectivity index (χ1v) is 6.52.